The summed E-state index contributed by atoms with van der Waals surface area (Å²) in [6.07, 6.45) is 1.10. The predicted molar refractivity (Wildman–Crippen MR) is 104 cm³/mol. The number of nitrogens with zero attached hydrogens (tertiary/aromatic N) is 1. The summed E-state index contributed by atoms with van der Waals surface area (Å²) in [5, 5.41) is 2.74. The molecule has 0 heterocycles. The average molecular weight is 376 g/mol. The van der Waals surface area contributed by atoms with Crippen LogP contribution >= 0.6 is 0 Å². The second-order valence-corrected chi connectivity index (χ2v) is 8.16. The Hall–Kier alpha value is -2.54. The van der Waals surface area contributed by atoms with Crippen molar-refractivity contribution >= 4 is 27.3 Å². The zero-order valence-corrected chi connectivity index (χ0v) is 16.4. The second kappa shape index (κ2) is 7.78. The highest BCUT2D eigenvalue weighted by molar-refractivity contribution is 7.92. The number of sulfonamides is 1. The van der Waals surface area contributed by atoms with E-state index in [1.807, 2.05) is 19.9 Å². The summed E-state index contributed by atoms with van der Waals surface area (Å²) in [5.74, 6) is 0.174. The Morgan fingerprint density at radius 3 is 2.27 bits per heavy atom. The number of benzene rings is 2. The molecule has 0 aliphatic heterocycles. The van der Waals surface area contributed by atoms with Crippen LogP contribution in [0.3, 0.4) is 0 Å². The molecule has 0 aliphatic rings. The lowest BCUT2D eigenvalue weighted by Gasteiger charge is -2.28. The van der Waals surface area contributed by atoms with Crippen LogP contribution in [0.2, 0.25) is 0 Å². The fourth-order valence-electron chi connectivity index (χ4n) is 2.83. The summed E-state index contributed by atoms with van der Waals surface area (Å²) in [7, 11) is -2.12. The quantitative estimate of drug-likeness (QED) is 0.840. The molecule has 2 aromatic rings. The Labute approximate surface area is 154 Å². The number of methoxy groups -OCH3 is 1. The van der Waals surface area contributed by atoms with Crippen molar-refractivity contribution in [3.8, 4) is 5.75 Å². The molecule has 6 nitrogen and oxygen atoms in total. The monoisotopic (exact) mass is 376 g/mol. The van der Waals surface area contributed by atoms with Crippen molar-refractivity contribution in [2.45, 2.75) is 26.8 Å². The SMILES string of the molecule is COc1cccc(NC(=O)[C@@H](C)N(c2cc(C)cc(C)c2)S(C)(=O)=O)c1. The van der Waals surface area contributed by atoms with Crippen LogP contribution in [-0.2, 0) is 14.8 Å². The Kier molecular flexibility index (Phi) is 5.92. The number of ether oxygens (including phenoxy) is 1. The number of hydrogen-bond acceptors (Lipinski definition) is 4. The van der Waals surface area contributed by atoms with E-state index < -0.39 is 22.0 Å². The number of hydrogen-bond donors (Lipinski definition) is 1. The average Bonchev–Trinajstić information content (AvgIpc) is 2.52. The van der Waals surface area contributed by atoms with E-state index in [2.05, 4.69) is 5.32 Å². The molecule has 0 aliphatic carbocycles. The molecule has 1 amide bonds. The van der Waals surface area contributed by atoms with Crippen molar-refractivity contribution in [2.75, 3.05) is 23.0 Å². The lowest BCUT2D eigenvalue weighted by molar-refractivity contribution is -0.116. The number of anilines is 2. The van der Waals surface area contributed by atoms with E-state index in [-0.39, 0.29) is 0 Å². The van der Waals surface area contributed by atoms with Gasteiger partial charge in [-0.15, -0.1) is 0 Å². The summed E-state index contributed by atoms with van der Waals surface area (Å²) >= 11 is 0. The van der Waals surface area contributed by atoms with Crippen molar-refractivity contribution in [3.05, 3.63) is 53.6 Å². The van der Waals surface area contributed by atoms with Crippen LogP contribution < -0.4 is 14.4 Å². The first-order chi connectivity index (χ1) is 12.1. The van der Waals surface area contributed by atoms with Gasteiger partial charge < -0.3 is 10.1 Å². The van der Waals surface area contributed by atoms with Crippen molar-refractivity contribution in [2.24, 2.45) is 0 Å². The van der Waals surface area contributed by atoms with E-state index in [9.17, 15) is 13.2 Å². The molecule has 0 aromatic heterocycles. The molecule has 0 saturated heterocycles. The van der Waals surface area contributed by atoms with Gasteiger partial charge >= 0.3 is 0 Å². The fourth-order valence-corrected chi connectivity index (χ4v) is 3.99. The molecule has 1 atom stereocenters. The van der Waals surface area contributed by atoms with Crippen molar-refractivity contribution in [1.82, 2.24) is 0 Å². The van der Waals surface area contributed by atoms with E-state index in [0.29, 0.717) is 17.1 Å². The van der Waals surface area contributed by atoms with Crippen LogP contribution in [0.15, 0.2) is 42.5 Å². The van der Waals surface area contributed by atoms with Crippen LogP contribution in [0.1, 0.15) is 18.1 Å². The highest BCUT2D eigenvalue weighted by Gasteiger charge is 2.29. The molecule has 2 aromatic carbocycles. The first-order valence-corrected chi connectivity index (χ1v) is 9.99. The standard InChI is InChI=1S/C19H24N2O4S/c1-13-9-14(2)11-17(10-13)21(26(5,23)24)15(3)19(22)20-16-7-6-8-18(12-16)25-4/h6-12,15H,1-5H3,(H,20,22)/t15-/m1/s1. The van der Waals surface area contributed by atoms with E-state index in [4.69, 9.17) is 4.74 Å². The van der Waals surface area contributed by atoms with Crippen molar-refractivity contribution in [1.29, 1.82) is 0 Å². The van der Waals surface area contributed by atoms with Gasteiger partial charge in [-0.05, 0) is 56.2 Å². The minimum atomic E-state index is -3.65. The highest BCUT2D eigenvalue weighted by atomic mass is 32.2. The van der Waals surface area contributed by atoms with Gasteiger partial charge in [-0.25, -0.2) is 8.42 Å². The minimum absolute atomic E-state index is 0.428. The molecule has 140 valence electrons. The summed E-state index contributed by atoms with van der Waals surface area (Å²) < 4.78 is 31.0. The number of nitrogens with one attached hydrogen (secondary N) is 1. The minimum Gasteiger partial charge on any atom is -0.497 e. The first kappa shape index (κ1) is 19.8. The summed E-state index contributed by atoms with van der Waals surface area (Å²) in [4.78, 5) is 12.7. The van der Waals surface area contributed by atoms with Gasteiger partial charge in [-0.1, -0.05) is 12.1 Å². The lowest BCUT2D eigenvalue weighted by Crippen LogP contribution is -2.45. The van der Waals surface area contributed by atoms with Crippen molar-refractivity contribution in [3.63, 3.8) is 0 Å². The molecule has 0 bridgehead atoms. The van der Waals surface area contributed by atoms with Crippen LogP contribution in [0.25, 0.3) is 0 Å². The van der Waals surface area contributed by atoms with Gasteiger partial charge in [0, 0.05) is 11.8 Å². The van der Waals surface area contributed by atoms with Gasteiger partial charge in [0.2, 0.25) is 15.9 Å². The predicted octanol–water partition coefficient (Wildman–Crippen LogP) is 3.11. The molecule has 0 fully saturated rings. The molecular formula is C19H24N2O4S. The molecule has 26 heavy (non-hydrogen) atoms. The van der Waals surface area contributed by atoms with Gasteiger partial charge in [0.25, 0.3) is 0 Å². The Morgan fingerprint density at radius 1 is 1.12 bits per heavy atom. The van der Waals surface area contributed by atoms with Crippen LogP contribution in [-0.4, -0.2) is 33.7 Å². The number of aryl methyl sites for hydroxylation is 2. The normalized spacial score (nSPS) is 12.3. The molecule has 1 N–H and O–H groups in total. The maximum absolute atomic E-state index is 12.7. The van der Waals surface area contributed by atoms with Gasteiger partial charge in [-0.3, -0.25) is 9.10 Å². The topological polar surface area (TPSA) is 75.7 Å². The third-order valence-electron chi connectivity index (χ3n) is 3.89. The molecule has 0 radical (unpaired) electrons. The molecule has 2 rings (SSSR count). The van der Waals surface area contributed by atoms with Gasteiger partial charge in [0.05, 0.1) is 19.1 Å². The molecule has 7 heteroatoms. The zero-order chi connectivity index (χ0) is 19.5. The van der Waals surface area contributed by atoms with Gasteiger partial charge in [-0.2, -0.15) is 0 Å². The maximum Gasteiger partial charge on any atom is 0.247 e. The van der Waals surface area contributed by atoms with Crippen LogP contribution in [0, 0.1) is 13.8 Å². The highest BCUT2D eigenvalue weighted by Crippen LogP contribution is 2.25. The summed E-state index contributed by atoms with van der Waals surface area (Å²) in [5.41, 5.74) is 2.86. The number of amides is 1. The fraction of sp³-hybridized carbons (Fsp3) is 0.316. The molecular weight excluding hydrogens is 352 g/mol. The Bertz CT molecular complexity index is 889. The van der Waals surface area contributed by atoms with E-state index >= 15 is 0 Å². The maximum atomic E-state index is 12.7. The van der Waals surface area contributed by atoms with E-state index in [1.165, 1.54) is 7.11 Å². The Morgan fingerprint density at radius 2 is 1.73 bits per heavy atom. The molecule has 0 spiro atoms. The smallest absolute Gasteiger partial charge is 0.247 e. The number of carbonyl (C=O) groups excluding carboxylic acids is 1. The van der Waals surface area contributed by atoms with E-state index in [0.717, 1.165) is 21.7 Å². The van der Waals surface area contributed by atoms with Crippen molar-refractivity contribution < 1.29 is 17.9 Å². The largest absolute Gasteiger partial charge is 0.497 e. The van der Waals surface area contributed by atoms with Crippen LogP contribution in [0.4, 0.5) is 11.4 Å². The summed E-state index contributed by atoms with van der Waals surface area (Å²) in [6.45, 7) is 5.34. The lowest BCUT2D eigenvalue weighted by atomic mass is 10.1. The molecule has 0 unspecified atom stereocenters. The van der Waals surface area contributed by atoms with Crippen LogP contribution in [0.5, 0.6) is 5.75 Å². The van der Waals surface area contributed by atoms with E-state index in [1.54, 1.807) is 43.3 Å². The second-order valence-electron chi connectivity index (χ2n) is 6.30. The first-order valence-electron chi connectivity index (χ1n) is 8.14. The third kappa shape index (κ3) is 4.76. The summed E-state index contributed by atoms with van der Waals surface area (Å²) in [6, 6.07) is 11.4. The molecule has 0 saturated carbocycles. The number of carbonyl (C=O) groups is 1. The zero-order valence-electron chi connectivity index (χ0n) is 15.6. The third-order valence-corrected chi connectivity index (χ3v) is 5.13. The van der Waals surface area contributed by atoms with Gasteiger partial charge in [0.15, 0.2) is 0 Å². The Balaban J connectivity index is 2.34. The number of rotatable bonds is 6. The van der Waals surface area contributed by atoms with Gasteiger partial charge in [0.1, 0.15) is 11.8 Å².